The summed E-state index contributed by atoms with van der Waals surface area (Å²) in [4.78, 5) is 26.9. The number of benzene rings is 2. The first-order valence-electron chi connectivity index (χ1n) is 8.63. The third-order valence-electron chi connectivity index (χ3n) is 3.87. The number of aliphatic hydroxyl groups excluding tert-OH is 1. The summed E-state index contributed by atoms with van der Waals surface area (Å²) in [6.07, 6.45) is 2.88. The molecule has 0 unspecified atom stereocenters. The minimum absolute atomic E-state index is 0. The fourth-order valence-corrected chi connectivity index (χ4v) is 2.76. The van der Waals surface area contributed by atoms with Crippen LogP contribution in [0, 0.1) is 6.07 Å². The van der Waals surface area contributed by atoms with Crippen molar-refractivity contribution >= 4 is 27.7 Å². The second-order valence-corrected chi connectivity index (χ2v) is 6.13. The van der Waals surface area contributed by atoms with Crippen molar-refractivity contribution in [3.63, 3.8) is 0 Å². The molecule has 2 aromatic heterocycles. The molecule has 5 nitrogen and oxygen atoms in total. The number of aromatic nitrogens is 1. The third-order valence-corrected chi connectivity index (χ3v) is 3.87. The molecule has 29 heavy (non-hydrogen) atoms. The average Bonchev–Trinajstić information content (AvgIpc) is 2.68. The molecule has 0 fully saturated rings. The van der Waals surface area contributed by atoms with Crippen LogP contribution in [0.5, 0.6) is 0 Å². The summed E-state index contributed by atoms with van der Waals surface area (Å²) in [6, 6.07) is 19.5. The minimum Gasteiger partial charge on any atom is -0.512 e. The number of hydrogen-bond acceptors (Lipinski definition) is 5. The van der Waals surface area contributed by atoms with Gasteiger partial charge in [-0.2, -0.15) is 0 Å². The van der Waals surface area contributed by atoms with Gasteiger partial charge in [0, 0.05) is 32.4 Å². The van der Waals surface area contributed by atoms with E-state index in [2.05, 4.69) is 11.1 Å². The average molecular weight is 565 g/mol. The second-order valence-electron chi connectivity index (χ2n) is 6.13. The molecule has 4 aromatic rings. The number of fused-ring (bicyclic) bond motifs is 2. The first-order valence-corrected chi connectivity index (χ1v) is 8.63. The first kappa shape index (κ1) is 22.2. The van der Waals surface area contributed by atoms with Crippen molar-refractivity contribution in [1.29, 1.82) is 0 Å². The van der Waals surface area contributed by atoms with Gasteiger partial charge in [-0.15, -0.1) is 18.2 Å². The number of para-hydroxylation sites is 1. The van der Waals surface area contributed by atoms with E-state index in [1.807, 2.05) is 30.3 Å². The van der Waals surface area contributed by atoms with Gasteiger partial charge in [0.2, 0.25) is 0 Å². The van der Waals surface area contributed by atoms with Crippen LogP contribution < -0.4 is 5.43 Å². The molecular weight excluding hydrogens is 546 g/mol. The van der Waals surface area contributed by atoms with E-state index in [0.717, 1.165) is 5.69 Å². The van der Waals surface area contributed by atoms with Crippen molar-refractivity contribution in [2.24, 2.45) is 0 Å². The van der Waals surface area contributed by atoms with Crippen LogP contribution in [0.3, 0.4) is 0 Å². The van der Waals surface area contributed by atoms with E-state index >= 15 is 0 Å². The molecule has 0 bridgehead atoms. The molecule has 0 aliphatic heterocycles. The van der Waals surface area contributed by atoms with Gasteiger partial charge >= 0.3 is 0 Å². The first-order chi connectivity index (χ1) is 13.5. The van der Waals surface area contributed by atoms with E-state index in [0.29, 0.717) is 27.5 Å². The Bertz CT molecular complexity index is 1230. The monoisotopic (exact) mass is 565 g/mol. The molecule has 0 saturated heterocycles. The van der Waals surface area contributed by atoms with Crippen LogP contribution in [0.15, 0.2) is 81.8 Å². The predicted octanol–water partition coefficient (Wildman–Crippen LogP) is 4.84. The minimum atomic E-state index is -0.125. The Balaban J connectivity index is 0.000000327. The number of pyridine rings is 1. The number of ketones is 1. The van der Waals surface area contributed by atoms with Gasteiger partial charge in [0.1, 0.15) is 5.58 Å². The summed E-state index contributed by atoms with van der Waals surface area (Å²) in [6.45, 7) is 2.85. The van der Waals surface area contributed by atoms with Crippen LogP contribution in [-0.2, 0) is 24.9 Å². The Labute approximate surface area is 181 Å². The van der Waals surface area contributed by atoms with Gasteiger partial charge in [-0.05, 0) is 43.1 Å². The van der Waals surface area contributed by atoms with Gasteiger partial charge in [-0.3, -0.25) is 9.59 Å². The fraction of sp³-hybridized carbons (Fsp3) is 0.0870. The van der Waals surface area contributed by atoms with E-state index in [9.17, 15) is 9.59 Å². The van der Waals surface area contributed by atoms with Crippen molar-refractivity contribution in [3.8, 4) is 11.3 Å². The summed E-state index contributed by atoms with van der Waals surface area (Å²) >= 11 is 0. The number of carbonyl (C=O) groups excluding carboxylic acids is 1. The quantitative estimate of drug-likeness (QED) is 0.163. The molecule has 2 aromatic carbocycles. The van der Waals surface area contributed by atoms with E-state index in [1.165, 1.54) is 19.9 Å². The summed E-state index contributed by atoms with van der Waals surface area (Å²) in [7, 11) is 0. The van der Waals surface area contributed by atoms with E-state index in [-0.39, 0.29) is 37.1 Å². The largest absolute Gasteiger partial charge is 0.512 e. The number of carbonyl (C=O) groups is 1. The molecule has 0 aliphatic carbocycles. The smallest absolute Gasteiger partial charge is 0.182 e. The summed E-state index contributed by atoms with van der Waals surface area (Å²) in [5, 5.41) is 9.50. The molecule has 149 valence electrons. The fourth-order valence-electron chi connectivity index (χ4n) is 2.76. The molecular formula is C23H18IrNO4-. The SMILES string of the molecule is CC(=O)/C=C(/C)O.O=c1c2ccccc2oc2c(-c3ccccn3)[c-]ccc12.[Ir]. The molecule has 0 amide bonds. The third kappa shape index (κ3) is 5.25. The predicted molar refractivity (Wildman–Crippen MR) is 109 cm³/mol. The Kier molecular flexibility index (Phi) is 7.59. The van der Waals surface area contributed by atoms with Crippen molar-refractivity contribution in [1.82, 2.24) is 4.98 Å². The number of allylic oxidation sites excluding steroid dienone is 2. The van der Waals surface area contributed by atoms with Gasteiger partial charge in [-0.1, -0.05) is 29.8 Å². The van der Waals surface area contributed by atoms with Gasteiger partial charge in [-0.25, -0.2) is 0 Å². The number of aliphatic hydroxyl groups is 1. The Hall–Kier alpha value is -3.08. The van der Waals surface area contributed by atoms with E-state index < -0.39 is 0 Å². The molecule has 2 heterocycles. The topological polar surface area (TPSA) is 80.4 Å². The second kappa shape index (κ2) is 9.92. The molecule has 0 aliphatic rings. The van der Waals surface area contributed by atoms with Crippen molar-refractivity contribution < 1.29 is 34.4 Å². The van der Waals surface area contributed by atoms with Crippen LogP contribution in [-0.4, -0.2) is 15.9 Å². The zero-order valence-corrected chi connectivity index (χ0v) is 18.2. The molecule has 0 spiro atoms. The van der Waals surface area contributed by atoms with Crippen LogP contribution in [0.2, 0.25) is 0 Å². The molecule has 4 rings (SSSR count). The maximum absolute atomic E-state index is 12.6. The van der Waals surface area contributed by atoms with Crippen LogP contribution >= 0.6 is 0 Å². The zero-order valence-electron chi connectivity index (χ0n) is 15.8. The van der Waals surface area contributed by atoms with Crippen molar-refractivity contribution in [2.75, 3.05) is 0 Å². The van der Waals surface area contributed by atoms with Gasteiger partial charge in [0.05, 0.1) is 16.7 Å². The zero-order chi connectivity index (χ0) is 20.1. The molecule has 6 heteroatoms. The van der Waals surface area contributed by atoms with Crippen molar-refractivity contribution in [3.05, 3.63) is 88.9 Å². The Morgan fingerprint density at radius 2 is 1.79 bits per heavy atom. The Morgan fingerprint density at radius 1 is 1.07 bits per heavy atom. The van der Waals surface area contributed by atoms with Crippen LogP contribution in [0.25, 0.3) is 33.2 Å². The molecule has 1 N–H and O–H groups in total. The van der Waals surface area contributed by atoms with E-state index in [4.69, 9.17) is 9.52 Å². The normalized spacial score (nSPS) is 10.8. The standard InChI is InChI=1S/C18H10NO2.C5H8O2.Ir/c20-17-13-6-1-2-10-16(13)21-18-12(7-5-8-14(17)18)15-9-3-4-11-19-15;1-4(6)3-5(2)7;/h1-6,8-11H;3,6H,1-2H3;/q-1;;/b;4-3-;. The number of nitrogens with zero attached hydrogens (tertiary/aromatic N) is 1. The maximum atomic E-state index is 12.6. The molecule has 1 radical (unpaired) electrons. The van der Waals surface area contributed by atoms with E-state index in [1.54, 1.807) is 30.5 Å². The number of hydrogen-bond donors (Lipinski definition) is 1. The van der Waals surface area contributed by atoms with Gasteiger partial charge < -0.3 is 14.5 Å². The molecule has 0 saturated carbocycles. The van der Waals surface area contributed by atoms with Crippen LogP contribution in [0.1, 0.15) is 13.8 Å². The van der Waals surface area contributed by atoms with Crippen LogP contribution in [0.4, 0.5) is 0 Å². The van der Waals surface area contributed by atoms with Gasteiger partial charge in [0.15, 0.2) is 11.2 Å². The Morgan fingerprint density at radius 3 is 2.41 bits per heavy atom. The summed E-state index contributed by atoms with van der Waals surface area (Å²) in [5.41, 5.74) is 2.52. The summed E-state index contributed by atoms with van der Waals surface area (Å²) < 4.78 is 5.94. The summed E-state index contributed by atoms with van der Waals surface area (Å²) in [5.74, 6) is -0.0625. The molecule has 0 atom stereocenters. The maximum Gasteiger partial charge on any atom is 0.182 e. The van der Waals surface area contributed by atoms with Gasteiger partial charge in [0.25, 0.3) is 0 Å². The van der Waals surface area contributed by atoms with Crippen molar-refractivity contribution in [2.45, 2.75) is 13.8 Å². The number of rotatable bonds is 2.